The van der Waals surface area contributed by atoms with Crippen LogP contribution in [0.2, 0.25) is 5.02 Å². The van der Waals surface area contributed by atoms with E-state index in [2.05, 4.69) is 20.7 Å². The highest BCUT2D eigenvalue weighted by Gasteiger charge is 2.24. The zero-order valence-electron chi connectivity index (χ0n) is 18.1. The second kappa shape index (κ2) is 10.9. The van der Waals surface area contributed by atoms with Crippen molar-refractivity contribution >= 4 is 35.5 Å². The minimum atomic E-state index is -0.281. The molecule has 1 amide bonds. The van der Waals surface area contributed by atoms with Crippen LogP contribution in [-0.2, 0) is 4.79 Å². The summed E-state index contributed by atoms with van der Waals surface area (Å²) in [6.07, 6.45) is 1.51. The summed E-state index contributed by atoms with van der Waals surface area (Å²) in [4.78, 5) is 12.3. The number of ether oxygens (including phenoxy) is 1. The van der Waals surface area contributed by atoms with E-state index >= 15 is 0 Å². The van der Waals surface area contributed by atoms with Crippen molar-refractivity contribution in [2.75, 3.05) is 12.9 Å². The molecule has 0 atom stereocenters. The van der Waals surface area contributed by atoms with Gasteiger partial charge in [0.25, 0.3) is 11.7 Å². The highest BCUT2D eigenvalue weighted by molar-refractivity contribution is 7.99. The number of nitrogens with zero attached hydrogens (tertiary/aromatic N) is 3. The molecule has 0 aliphatic rings. The van der Waals surface area contributed by atoms with Crippen LogP contribution in [-0.4, -0.2) is 40.3 Å². The second-order valence-electron chi connectivity index (χ2n) is 7.07. The number of rotatable bonds is 8. The largest absolute Gasteiger partial charge is 0.508 e. The van der Waals surface area contributed by atoms with Crippen LogP contribution in [0.3, 0.4) is 0 Å². The molecule has 4 aromatic rings. The van der Waals surface area contributed by atoms with Gasteiger partial charge in [-0.15, -0.1) is 5.10 Å². The first-order chi connectivity index (χ1) is 16.5. The molecule has 10 heteroatoms. The third kappa shape index (κ3) is 5.75. The molecule has 34 heavy (non-hydrogen) atoms. The zero-order valence-corrected chi connectivity index (χ0v) is 19.7. The molecule has 0 unspecified atom stereocenters. The average molecular weight is 495 g/mol. The van der Waals surface area contributed by atoms with Crippen molar-refractivity contribution in [2.24, 2.45) is 5.10 Å². The standard InChI is InChI=1S/C24H20ClN5O3S/c1-33-21-12-4-17(5-13-21)23-28-29-24(30(23)19-8-6-18(25)7-9-19)34-15-22(32)27-26-14-16-2-10-20(31)11-3-16/h2-14H,15H2,1H3,(H2,26,27,31,32)/p+1. The van der Waals surface area contributed by atoms with E-state index in [0.717, 1.165) is 28.4 Å². The topological polar surface area (TPSA) is 103 Å². The fourth-order valence-corrected chi connectivity index (χ4v) is 3.95. The number of carbonyl (C=O) groups is 1. The summed E-state index contributed by atoms with van der Waals surface area (Å²) in [5.74, 6) is 1.49. The molecule has 8 nitrogen and oxygen atoms in total. The maximum Gasteiger partial charge on any atom is 0.342 e. The number of hydrazone groups is 1. The average Bonchev–Trinajstić information content (AvgIpc) is 3.28. The van der Waals surface area contributed by atoms with Gasteiger partial charge in [-0.05, 0) is 90.1 Å². The lowest BCUT2D eigenvalue weighted by Crippen LogP contribution is -2.34. The molecule has 172 valence electrons. The number of phenolic OH excluding ortho intramolecular Hbond substituents is 1. The van der Waals surface area contributed by atoms with E-state index < -0.39 is 0 Å². The minimum Gasteiger partial charge on any atom is -0.508 e. The van der Waals surface area contributed by atoms with Gasteiger partial charge in [0.15, 0.2) is 0 Å². The van der Waals surface area contributed by atoms with E-state index in [0.29, 0.717) is 10.2 Å². The van der Waals surface area contributed by atoms with Crippen molar-refractivity contribution < 1.29 is 19.2 Å². The van der Waals surface area contributed by atoms with Crippen molar-refractivity contribution in [1.29, 1.82) is 0 Å². The van der Waals surface area contributed by atoms with Crippen molar-refractivity contribution in [2.45, 2.75) is 5.16 Å². The molecular weight excluding hydrogens is 474 g/mol. The summed E-state index contributed by atoms with van der Waals surface area (Å²) in [5.41, 5.74) is 5.00. The van der Waals surface area contributed by atoms with E-state index in [1.54, 1.807) is 43.5 Å². The van der Waals surface area contributed by atoms with Gasteiger partial charge >= 0.3 is 5.16 Å². The molecule has 0 saturated heterocycles. The molecule has 3 aromatic carbocycles. The summed E-state index contributed by atoms with van der Waals surface area (Å²) in [6.45, 7) is 0. The summed E-state index contributed by atoms with van der Waals surface area (Å²) in [7, 11) is 1.62. The minimum absolute atomic E-state index is 0.105. The Hall–Kier alpha value is -3.82. The Morgan fingerprint density at radius 1 is 1.15 bits per heavy atom. The highest BCUT2D eigenvalue weighted by atomic mass is 35.5. The number of hydrogen-bond acceptors (Lipinski definition) is 6. The number of thioether (sulfide) groups is 1. The Balaban J connectivity index is 1.51. The van der Waals surface area contributed by atoms with Crippen LogP contribution in [0.4, 0.5) is 0 Å². The third-order valence-electron chi connectivity index (χ3n) is 4.75. The maximum atomic E-state index is 12.3. The lowest BCUT2D eigenvalue weighted by Gasteiger charge is -2.05. The van der Waals surface area contributed by atoms with Gasteiger partial charge in [-0.2, -0.15) is 9.67 Å². The van der Waals surface area contributed by atoms with Crippen LogP contribution in [0.25, 0.3) is 17.1 Å². The number of nitrogens with one attached hydrogen (secondary N) is 2. The first-order valence-electron chi connectivity index (χ1n) is 10.2. The van der Waals surface area contributed by atoms with E-state index in [4.69, 9.17) is 16.3 Å². The molecule has 0 aliphatic carbocycles. The number of aromatic amines is 1. The van der Waals surface area contributed by atoms with Crippen LogP contribution < -0.4 is 14.7 Å². The number of methoxy groups -OCH3 is 1. The zero-order chi connectivity index (χ0) is 23.9. The number of amides is 1. The van der Waals surface area contributed by atoms with Crippen LogP contribution in [0.15, 0.2) is 83.1 Å². The number of hydrogen-bond donors (Lipinski definition) is 3. The molecule has 0 bridgehead atoms. The summed E-state index contributed by atoms with van der Waals surface area (Å²) in [6, 6.07) is 21.5. The van der Waals surface area contributed by atoms with Gasteiger partial charge in [-0.1, -0.05) is 11.6 Å². The van der Waals surface area contributed by atoms with Gasteiger partial charge in [0.05, 0.1) is 29.7 Å². The number of phenols is 1. The monoisotopic (exact) mass is 494 g/mol. The third-order valence-corrected chi connectivity index (χ3v) is 5.94. The first-order valence-corrected chi connectivity index (χ1v) is 11.5. The van der Waals surface area contributed by atoms with Gasteiger partial charge in [-0.25, -0.2) is 5.43 Å². The number of halogens is 1. The molecule has 0 saturated carbocycles. The molecule has 0 spiro atoms. The number of aromatic hydroxyl groups is 1. The summed E-state index contributed by atoms with van der Waals surface area (Å²) in [5, 5.41) is 22.0. The fourth-order valence-electron chi connectivity index (χ4n) is 3.07. The molecular formula is C24H21ClN5O3S+. The van der Waals surface area contributed by atoms with Crippen LogP contribution in [0, 0.1) is 0 Å². The Bertz CT molecular complexity index is 1290. The van der Waals surface area contributed by atoms with Crippen LogP contribution in [0.1, 0.15) is 5.56 Å². The Morgan fingerprint density at radius 2 is 1.85 bits per heavy atom. The second-order valence-corrected chi connectivity index (χ2v) is 8.45. The molecule has 0 aliphatic heterocycles. The van der Waals surface area contributed by atoms with Crippen molar-refractivity contribution in [3.63, 3.8) is 0 Å². The number of benzene rings is 3. The van der Waals surface area contributed by atoms with Gasteiger partial charge < -0.3 is 9.84 Å². The van der Waals surface area contributed by atoms with Crippen LogP contribution >= 0.6 is 23.4 Å². The normalized spacial score (nSPS) is 11.0. The van der Waals surface area contributed by atoms with Crippen LogP contribution in [0.5, 0.6) is 11.5 Å². The van der Waals surface area contributed by atoms with E-state index in [-0.39, 0.29) is 17.4 Å². The lowest BCUT2D eigenvalue weighted by molar-refractivity contribution is -0.625. The Kier molecular flexibility index (Phi) is 7.46. The molecule has 4 rings (SSSR count). The number of carbonyl (C=O) groups excluding carboxylic acids is 1. The van der Waals surface area contributed by atoms with Gasteiger partial charge in [0, 0.05) is 5.02 Å². The molecule has 0 fully saturated rings. The van der Waals surface area contributed by atoms with E-state index in [1.807, 2.05) is 41.0 Å². The fraction of sp³-hybridized carbons (Fsp3) is 0.0833. The van der Waals surface area contributed by atoms with E-state index in [1.165, 1.54) is 18.0 Å². The number of H-pyrrole nitrogens is 1. The SMILES string of the molecule is COc1ccc(-c2[nH]nc(SCC(=O)NN=Cc3ccc(O)cc3)[n+]2-c2ccc(Cl)cc2)cc1. The van der Waals surface area contributed by atoms with E-state index in [9.17, 15) is 9.90 Å². The molecule has 3 N–H and O–H groups in total. The van der Waals surface area contributed by atoms with Gasteiger partial charge in [-0.3, -0.25) is 4.79 Å². The van der Waals surface area contributed by atoms with Crippen molar-refractivity contribution in [3.05, 3.63) is 83.4 Å². The number of aromatic nitrogens is 3. The first kappa shape index (κ1) is 23.3. The van der Waals surface area contributed by atoms with Gasteiger partial charge in [0.2, 0.25) is 0 Å². The highest BCUT2D eigenvalue weighted by Crippen LogP contribution is 2.23. The Morgan fingerprint density at radius 3 is 2.53 bits per heavy atom. The maximum absolute atomic E-state index is 12.3. The smallest absolute Gasteiger partial charge is 0.342 e. The quantitative estimate of drug-likeness (QED) is 0.149. The van der Waals surface area contributed by atoms with Crippen molar-refractivity contribution in [3.8, 4) is 28.6 Å². The molecule has 1 heterocycles. The Labute approximate surface area is 205 Å². The summed E-state index contributed by atoms with van der Waals surface area (Å²) < 4.78 is 7.18. The molecule has 1 aromatic heterocycles. The lowest BCUT2D eigenvalue weighted by atomic mass is 10.2. The predicted molar refractivity (Wildman–Crippen MR) is 132 cm³/mol. The van der Waals surface area contributed by atoms with Crippen molar-refractivity contribution in [1.82, 2.24) is 15.6 Å². The van der Waals surface area contributed by atoms with Gasteiger partial charge in [0.1, 0.15) is 17.2 Å². The molecule has 0 radical (unpaired) electrons. The predicted octanol–water partition coefficient (Wildman–Crippen LogP) is 3.96. The summed E-state index contributed by atoms with van der Waals surface area (Å²) >= 11 is 7.35.